The van der Waals surface area contributed by atoms with E-state index in [0.29, 0.717) is 35.4 Å². The average molecular weight is 496 g/mol. The second-order valence-electron chi connectivity index (χ2n) is 9.26. The van der Waals surface area contributed by atoms with Gasteiger partial charge in [-0.25, -0.2) is 0 Å². The summed E-state index contributed by atoms with van der Waals surface area (Å²) in [5, 5.41) is 6.37. The lowest BCUT2D eigenvalue weighted by molar-refractivity contribution is -0.116. The Hall–Kier alpha value is -4.39. The maximum Gasteiger partial charge on any atom is 0.254 e. The molecule has 5 rings (SSSR count). The van der Waals surface area contributed by atoms with Crippen LogP contribution in [0.2, 0.25) is 0 Å². The van der Waals surface area contributed by atoms with Gasteiger partial charge in [-0.2, -0.15) is 0 Å². The number of hydrogen-bond acceptors (Lipinski definition) is 6. The van der Waals surface area contributed by atoms with Gasteiger partial charge in [0.25, 0.3) is 5.91 Å². The van der Waals surface area contributed by atoms with E-state index in [1.54, 1.807) is 38.7 Å². The van der Waals surface area contributed by atoms with Gasteiger partial charge < -0.3 is 20.1 Å². The molecule has 37 heavy (non-hydrogen) atoms. The van der Waals surface area contributed by atoms with Crippen LogP contribution in [0.3, 0.4) is 0 Å². The molecule has 2 unspecified atom stereocenters. The van der Waals surface area contributed by atoms with Gasteiger partial charge in [0.05, 0.1) is 26.1 Å². The summed E-state index contributed by atoms with van der Waals surface area (Å²) in [5.74, 6) is 0.718. The summed E-state index contributed by atoms with van der Waals surface area (Å²) in [4.78, 5) is 31.5. The molecule has 3 aromatic rings. The molecule has 0 saturated carbocycles. The van der Waals surface area contributed by atoms with Gasteiger partial charge in [0.1, 0.15) is 11.5 Å². The number of aromatic nitrogens is 1. The molecule has 2 aromatic carbocycles. The molecule has 7 nitrogen and oxygen atoms in total. The number of allylic oxidation sites excluding steroid dienone is 3. The smallest absolute Gasteiger partial charge is 0.254 e. The molecule has 0 spiro atoms. The first-order chi connectivity index (χ1) is 18.0. The standard InChI is InChI=1S/C30H29N3O4/c1-18-27(30(35)33-22-7-5-13-31-17-22)28(20-6-4-8-24(14-20)37-3)29-25(32-18)15-21(16-26(29)34)19-9-11-23(36-2)12-10-19/h4-14,17,21,28,32H,15-16H2,1-3H3,(H,33,35). The van der Waals surface area contributed by atoms with Crippen molar-refractivity contribution in [3.8, 4) is 11.5 Å². The van der Waals surface area contributed by atoms with E-state index < -0.39 is 5.92 Å². The molecule has 1 aliphatic heterocycles. The Morgan fingerprint density at radius 1 is 0.973 bits per heavy atom. The van der Waals surface area contributed by atoms with Crippen molar-refractivity contribution < 1.29 is 19.1 Å². The van der Waals surface area contributed by atoms with Crippen LogP contribution in [0.4, 0.5) is 5.69 Å². The zero-order valence-corrected chi connectivity index (χ0v) is 21.1. The summed E-state index contributed by atoms with van der Waals surface area (Å²) in [6, 6.07) is 19.0. The van der Waals surface area contributed by atoms with E-state index in [1.165, 1.54) is 0 Å². The predicted octanol–water partition coefficient (Wildman–Crippen LogP) is 5.10. The maximum absolute atomic E-state index is 13.8. The van der Waals surface area contributed by atoms with E-state index >= 15 is 0 Å². The molecule has 0 bridgehead atoms. The Morgan fingerprint density at radius 3 is 2.46 bits per heavy atom. The van der Waals surface area contributed by atoms with E-state index in [0.717, 1.165) is 28.3 Å². The summed E-state index contributed by atoms with van der Waals surface area (Å²) in [6.45, 7) is 1.89. The van der Waals surface area contributed by atoms with Gasteiger partial charge in [-0.1, -0.05) is 24.3 Å². The minimum absolute atomic E-state index is 0.0292. The molecular formula is C30H29N3O4. The number of carbonyl (C=O) groups excluding carboxylic acids is 2. The van der Waals surface area contributed by atoms with Crippen molar-refractivity contribution in [3.05, 3.63) is 107 Å². The van der Waals surface area contributed by atoms with Crippen molar-refractivity contribution >= 4 is 17.4 Å². The minimum atomic E-state index is -0.521. The number of Topliss-reactive ketones (excluding diaryl/α,β-unsaturated/α-hetero) is 1. The third kappa shape index (κ3) is 4.85. The number of ketones is 1. The Bertz CT molecular complexity index is 1390. The van der Waals surface area contributed by atoms with Gasteiger partial charge in [0.2, 0.25) is 0 Å². The van der Waals surface area contributed by atoms with Gasteiger partial charge >= 0.3 is 0 Å². The lowest BCUT2D eigenvalue weighted by Gasteiger charge is -2.37. The largest absolute Gasteiger partial charge is 0.497 e. The fourth-order valence-electron chi connectivity index (χ4n) is 5.24. The van der Waals surface area contributed by atoms with E-state index in [9.17, 15) is 9.59 Å². The zero-order valence-electron chi connectivity index (χ0n) is 21.1. The third-order valence-electron chi connectivity index (χ3n) is 7.01. The number of amides is 1. The van der Waals surface area contributed by atoms with Crippen molar-refractivity contribution in [1.82, 2.24) is 10.3 Å². The van der Waals surface area contributed by atoms with Crippen LogP contribution in [0.1, 0.15) is 42.7 Å². The van der Waals surface area contributed by atoms with Gasteiger partial charge in [-0.3, -0.25) is 14.6 Å². The van der Waals surface area contributed by atoms with E-state index in [1.807, 2.05) is 55.5 Å². The van der Waals surface area contributed by atoms with Crippen molar-refractivity contribution in [2.45, 2.75) is 31.6 Å². The van der Waals surface area contributed by atoms with Gasteiger partial charge in [0, 0.05) is 41.1 Å². The van der Waals surface area contributed by atoms with Crippen LogP contribution < -0.4 is 20.1 Å². The topological polar surface area (TPSA) is 89.5 Å². The third-order valence-corrected chi connectivity index (χ3v) is 7.01. The lowest BCUT2D eigenvalue weighted by atomic mass is 9.71. The Labute approximate surface area is 216 Å². The maximum atomic E-state index is 13.8. The number of anilines is 1. The number of hydrogen-bond donors (Lipinski definition) is 2. The second kappa shape index (κ2) is 10.3. The van der Waals surface area contributed by atoms with Crippen molar-refractivity contribution in [2.75, 3.05) is 19.5 Å². The van der Waals surface area contributed by atoms with Crippen molar-refractivity contribution in [1.29, 1.82) is 0 Å². The molecule has 2 atom stereocenters. The highest BCUT2D eigenvalue weighted by atomic mass is 16.5. The SMILES string of the molecule is COc1ccc(C2CC(=O)C3=C(C2)NC(C)=C(C(=O)Nc2cccnc2)C3c2cccc(OC)c2)cc1. The monoisotopic (exact) mass is 495 g/mol. The van der Waals surface area contributed by atoms with Crippen molar-refractivity contribution in [2.24, 2.45) is 0 Å². The molecule has 2 aliphatic rings. The molecule has 0 saturated heterocycles. The summed E-state index contributed by atoms with van der Waals surface area (Å²) < 4.78 is 10.8. The quantitative estimate of drug-likeness (QED) is 0.495. The number of dihydropyridines is 1. The van der Waals surface area contributed by atoms with E-state index in [2.05, 4.69) is 15.6 Å². The van der Waals surface area contributed by atoms with Gasteiger partial charge in [0.15, 0.2) is 5.78 Å². The molecule has 1 aromatic heterocycles. The molecule has 0 radical (unpaired) electrons. The van der Waals surface area contributed by atoms with Crippen LogP contribution in [0.15, 0.2) is 95.6 Å². The molecule has 7 heteroatoms. The van der Waals surface area contributed by atoms with Crippen LogP contribution in [0.5, 0.6) is 11.5 Å². The number of nitrogens with zero attached hydrogens (tertiary/aromatic N) is 1. The van der Waals surface area contributed by atoms with E-state index in [-0.39, 0.29) is 17.6 Å². The zero-order chi connectivity index (χ0) is 25.9. The highest BCUT2D eigenvalue weighted by molar-refractivity contribution is 6.10. The average Bonchev–Trinajstić information content (AvgIpc) is 2.92. The van der Waals surface area contributed by atoms with E-state index in [4.69, 9.17) is 9.47 Å². The summed E-state index contributed by atoms with van der Waals surface area (Å²) in [6.07, 6.45) is 4.28. The van der Waals surface area contributed by atoms with Crippen LogP contribution >= 0.6 is 0 Å². The van der Waals surface area contributed by atoms with Gasteiger partial charge in [-0.05, 0) is 66.8 Å². The first-order valence-electron chi connectivity index (χ1n) is 12.2. The number of benzene rings is 2. The number of carbonyl (C=O) groups is 2. The summed E-state index contributed by atoms with van der Waals surface area (Å²) >= 11 is 0. The van der Waals surface area contributed by atoms with Crippen LogP contribution in [0.25, 0.3) is 0 Å². The number of methoxy groups -OCH3 is 2. The fraction of sp³-hybridized carbons (Fsp3) is 0.233. The highest BCUT2D eigenvalue weighted by Crippen LogP contribution is 2.46. The van der Waals surface area contributed by atoms with Crippen LogP contribution in [0, 0.1) is 0 Å². The number of ether oxygens (including phenoxy) is 2. The molecule has 2 heterocycles. The Morgan fingerprint density at radius 2 is 1.76 bits per heavy atom. The Kier molecular flexibility index (Phi) is 6.77. The highest BCUT2D eigenvalue weighted by Gasteiger charge is 2.41. The summed E-state index contributed by atoms with van der Waals surface area (Å²) in [7, 11) is 3.24. The van der Waals surface area contributed by atoms with Gasteiger partial charge in [-0.15, -0.1) is 0 Å². The van der Waals surface area contributed by atoms with Crippen LogP contribution in [-0.2, 0) is 9.59 Å². The molecule has 188 valence electrons. The first kappa shape index (κ1) is 24.3. The first-order valence-corrected chi connectivity index (χ1v) is 12.2. The van der Waals surface area contributed by atoms with Crippen LogP contribution in [-0.4, -0.2) is 30.9 Å². The second-order valence-corrected chi connectivity index (χ2v) is 9.26. The Balaban J connectivity index is 1.55. The van der Waals surface area contributed by atoms with Crippen molar-refractivity contribution in [3.63, 3.8) is 0 Å². The summed E-state index contributed by atoms with van der Waals surface area (Å²) in [5.41, 5.74) is 5.23. The predicted molar refractivity (Wildman–Crippen MR) is 141 cm³/mol. The number of pyridine rings is 1. The number of nitrogens with one attached hydrogen (secondary N) is 2. The normalized spacial score (nSPS) is 19.2. The number of rotatable bonds is 6. The molecule has 1 aliphatic carbocycles. The lowest BCUT2D eigenvalue weighted by Crippen LogP contribution is -2.37. The minimum Gasteiger partial charge on any atom is -0.497 e. The molecule has 1 amide bonds. The molecule has 0 fully saturated rings. The fourth-order valence-corrected chi connectivity index (χ4v) is 5.24. The molecular weight excluding hydrogens is 466 g/mol. The molecule has 2 N–H and O–H groups in total.